The van der Waals surface area contributed by atoms with Crippen LogP contribution in [-0.4, -0.2) is 16.9 Å². The van der Waals surface area contributed by atoms with Gasteiger partial charge in [0.2, 0.25) is 0 Å². The Labute approximate surface area is 116 Å². The maximum Gasteiger partial charge on any atom is 0.392 e. The molecule has 2 rings (SSSR count). The molecule has 2 nitrogen and oxygen atoms in total. The molecule has 1 aromatic heterocycles. The van der Waals surface area contributed by atoms with E-state index in [0.717, 1.165) is 5.56 Å². The molecule has 0 saturated heterocycles. The van der Waals surface area contributed by atoms with Crippen LogP contribution in [0.4, 0.5) is 13.2 Å². The van der Waals surface area contributed by atoms with Crippen LogP contribution in [0.1, 0.15) is 44.1 Å². The second-order valence-electron chi connectivity index (χ2n) is 5.44. The van der Waals surface area contributed by atoms with Gasteiger partial charge in [0.25, 0.3) is 0 Å². The van der Waals surface area contributed by atoms with Crippen molar-refractivity contribution in [3.63, 3.8) is 0 Å². The monoisotopic (exact) mass is 285 g/mol. The van der Waals surface area contributed by atoms with E-state index < -0.39 is 23.9 Å². The lowest BCUT2D eigenvalue weighted by molar-refractivity contribution is -0.197. The molecule has 1 aliphatic carbocycles. The summed E-state index contributed by atoms with van der Waals surface area (Å²) in [4.78, 5) is 16.3. The third kappa shape index (κ3) is 3.19. The number of halogens is 3. The van der Waals surface area contributed by atoms with Crippen molar-refractivity contribution in [2.45, 2.75) is 44.7 Å². The van der Waals surface area contributed by atoms with Crippen LogP contribution in [0.3, 0.4) is 0 Å². The van der Waals surface area contributed by atoms with Crippen LogP contribution in [0.25, 0.3) is 0 Å². The Morgan fingerprint density at radius 1 is 1.25 bits per heavy atom. The normalized spacial score (nSPS) is 25.2. The maximum absolute atomic E-state index is 13.1. The minimum Gasteiger partial charge on any atom is -0.299 e. The molecule has 110 valence electrons. The molecule has 0 aromatic carbocycles. The van der Waals surface area contributed by atoms with Gasteiger partial charge in [-0.2, -0.15) is 13.2 Å². The molecule has 20 heavy (non-hydrogen) atoms. The standard InChI is InChI=1S/C15H18F3NO/c1-10(11-6-8-19-9-7-11)14(20)12-4-2-3-5-13(12)15(16,17)18/h6-10,12-13H,2-5H2,1H3. The summed E-state index contributed by atoms with van der Waals surface area (Å²) >= 11 is 0. The zero-order valence-corrected chi connectivity index (χ0v) is 11.4. The number of alkyl halides is 3. The van der Waals surface area contributed by atoms with Crippen molar-refractivity contribution in [1.82, 2.24) is 4.98 Å². The van der Waals surface area contributed by atoms with E-state index in [1.54, 1.807) is 31.5 Å². The molecule has 1 fully saturated rings. The Bertz CT molecular complexity index is 458. The van der Waals surface area contributed by atoms with Gasteiger partial charge in [-0.05, 0) is 30.5 Å². The minimum absolute atomic E-state index is 0.0724. The number of Topliss-reactive ketones (excluding diaryl/α,β-unsaturated/α-hetero) is 1. The Morgan fingerprint density at radius 3 is 2.45 bits per heavy atom. The predicted octanol–water partition coefficient (Wildman–Crippen LogP) is 4.12. The van der Waals surface area contributed by atoms with E-state index in [0.29, 0.717) is 19.3 Å². The zero-order chi connectivity index (χ0) is 14.8. The predicted molar refractivity (Wildman–Crippen MR) is 69.2 cm³/mol. The van der Waals surface area contributed by atoms with Gasteiger partial charge in [0.05, 0.1) is 5.92 Å². The van der Waals surface area contributed by atoms with Crippen molar-refractivity contribution in [2.24, 2.45) is 11.8 Å². The molecule has 1 heterocycles. The second-order valence-corrected chi connectivity index (χ2v) is 5.44. The summed E-state index contributed by atoms with van der Waals surface area (Å²) in [6.07, 6.45) is 0.506. The van der Waals surface area contributed by atoms with Crippen molar-refractivity contribution in [3.05, 3.63) is 30.1 Å². The fourth-order valence-corrected chi connectivity index (χ4v) is 3.00. The molecule has 0 spiro atoms. The summed E-state index contributed by atoms with van der Waals surface area (Å²) < 4.78 is 39.2. The highest BCUT2D eigenvalue weighted by molar-refractivity contribution is 5.87. The molecule has 0 amide bonds. The van der Waals surface area contributed by atoms with Crippen LogP contribution in [0, 0.1) is 11.8 Å². The molecule has 0 radical (unpaired) electrons. The topological polar surface area (TPSA) is 30.0 Å². The molecule has 1 aromatic rings. The quantitative estimate of drug-likeness (QED) is 0.836. The summed E-state index contributed by atoms with van der Waals surface area (Å²) in [6.45, 7) is 1.68. The molecule has 5 heteroatoms. The maximum atomic E-state index is 13.1. The van der Waals surface area contributed by atoms with E-state index in [9.17, 15) is 18.0 Å². The molecule has 3 unspecified atom stereocenters. The van der Waals surface area contributed by atoms with Gasteiger partial charge >= 0.3 is 6.18 Å². The molecule has 1 aliphatic rings. The molecule has 1 saturated carbocycles. The Morgan fingerprint density at radius 2 is 1.85 bits per heavy atom. The molecule has 0 N–H and O–H groups in total. The molecule has 0 aliphatic heterocycles. The van der Waals surface area contributed by atoms with Gasteiger partial charge in [-0.25, -0.2) is 0 Å². The summed E-state index contributed by atoms with van der Waals surface area (Å²) in [7, 11) is 0. The van der Waals surface area contributed by atoms with Gasteiger partial charge in [-0.15, -0.1) is 0 Å². The third-order valence-electron chi connectivity index (χ3n) is 4.18. The lowest BCUT2D eigenvalue weighted by Gasteiger charge is -2.33. The van der Waals surface area contributed by atoms with Crippen LogP contribution in [0.2, 0.25) is 0 Å². The first-order valence-corrected chi connectivity index (χ1v) is 6.91. The van der Waals surface area contributed by atoms with E-state index in [1.807, 2.05) is 0 Å². The van der Waals surface area contributed by atoms with Gasteiger partial charge in [0.15, 0.2) is 0 Å². The van der Waals surface area contributed by atoms with Crippen molar-refractivity contribution in [1.29, 1.82) is 0 Å². The molecular formula is C15H18F3NO. The number of aromatic nitrogens is 1. The fourth-order valence-electron chi connectivity index (χ4n) is 3.00. The van der Waals surface area contributed by atoms with Gasteiger partial charge in [0, 0.05) is 24.2 Å². The summed E-state index contributed by atoms with van der Waals surface area (Å²) in [5.74, 6) is -3.18. The van der Waals surface area contributed by atoms with Crippen LogP contribution in [0.5, 0.6) is 0 Å². The number of hydrogen-bond donors (Lipinski definition) is 0. The fraction of sp³-hybridized carbons (Fsp3) is 0.600. The second kappa shape index (κ2) is 5.94. The van der Waals surface area contributed by atoms with E-state index in [-0.39, 0.29) is 12.2 Å². The molecule has 3 atom stereocenters. The van der Waals surface area contributed by atoms with Crippen molar-refractivity contribution in [2.75, 3.05) is 0 Å². The minimum atomic E-state index is -4.28. The number of rotatable bonds is 3. The number of nitrogens with zero attached hydrogens (tertiary/aromatic N) is 1. The highest BCUT2D eigenvalue weighted by atomic mass is 19.4. The third-order valence-corrected chi connectivity index (χ3v) is 4.18. The first-order valence-electron chi connectivity index (χ1n) is 6.91. The van der Waals surface area contributed by atoms with Crippen molar-refractivity contribution in [3.8, 4) is 0 Å². The Kier molecular flexibility index (Phi) is 4.45. The average Bonchev–Trinajstić information content (AvgIpc) is 2.46. The van der Waals surface area contributed by atoms with Gasteiger partial charge in [-0.1, -0.05) is 19.8 Å². The number of pyridine rings is 1. The largest absolute Gasteiger partial charge is 0.392 e. The molecular weight excluding hydrogens is 267 g/mol. The van der Waals surface area contributed by atoms with Crippen LogP contribution in [-0.2, 0) is 4.79 Å². The highest BCUT2D eigenvalue weighted by Crippen LogP contribution is 2.43. The number of ketones is 1. The van der Waals surface area contributed by atoms with Gasteiger partial charge in [0.1, 0.15) is 5.78 Å². The van der Waals surface area contributed by atoms with Crippen LogP contribution < -0.4 is 0 Å². The van der Waals surface area contributed by atoms with Crippen molar-refractivity contribution < 1.29 is 18.0 Å². The van der Waals surface area contributed by atoms with Gasteiger partial charge < -0.3 is 0 Å². The number of carbonyl (C=O) groups excluding carboxylic acids is 1. The lowest BCUT2D eigenvalue weighted by Crippen LogP contribution is -2.38. The molecule has 0 bridgehead atoms. The summed E-state index contributed by atoms with van der Waals surface area (Å²) in [6, 6.07) is 3.38. The number of hydrogen-bond acceptors (Lipinski definition) is 2. The van der Waals surface area contributed by atoms with E-state index in [2.05, 4.69) is 4.98 Å². The first-order chi connectivity index (χ1) is 9.41. The van der Waals surface area contributed by atoms with Crippen LogP contribution >= 0.6 is 0 Å². The lowest BCUT2D eigenvalue weighted by atomic mass is 9.73. The Hall–Kier alpha value is -1.39. The first kappa shape index (κ1) is 15.0. The van der Waals surface area contributed by atoms with Crippen LogP contribution in [0.15, 0.2) is 24.5 Å². The SMILES string of the molecule is CC(C(=O)C1CCCCC1C(F)(F)F)c1ccncc1. The Balaban J connectivity index is 2.18. The van der Waals surface area contributed by atoms with E-state index >= 15 is 0 Å². The summed E-state index contributed by atoms with van der Waals surface area (Å²) in [5, 5.41) is 0. The zero-order valence-electron chi connectivity index (χ0n) is 11.4. The average molecular weight is 285 g/mol. The highest BCUT2D eigenvalue weighted by Gasteiger charge is 2.48. The summed E-state index contributed by atoms with van der Waals surface area (Å²) in [5.41, 5.74) is 0.733. The van der Waals surface area contributed by atoms with E-state index in [1.165, 1.54) is 0 Å². The smallest absolute Gasteiger partial charge is 0.299 e. The van der Waals surface area contributed by atoms with E-state index in [4.69, 9.17) is 0 Å². The van der Waals surface area contributed by atoms with Gasteiger partial charge in [-0.3, -0.25) is 9.78 Å². The van der Waals surface area contributed by atoms with Crippen molar-refractivity contribution >= 4 is 5.78 Å². The number of carbonyl (C=O) groups is 1.